The van der Waals surface area contributed by atoms with Gasteiger partial charge in [-0.2, -0.15) is 0 Å². The Bertz CT molecular complexity index is 304. The van der Waals surface area contributed by atoms with Gasteiger partial charge < -0.3 is 0 Å². The van der Waals surface area contributed by atoms with Gasteiger partial charge in [-0.1, -0.05) is 29.9 Å². The van der Waals surface area contributed by atoms with E-state index in [1.807, 2.05) is 0 Å². The molecule has 0 spiro atoms. The third kappa shape index (κ3) is 3.37. The van der Waals surface area contributed by atoms with Crippen LogP contribution in [0.3, 0.4) is 0 Å². The molecule has 0 aromatic carbocycles. The maximum absolute atomic E-state index is 4.27. The molecular weight excluding hydrogens is 192 g/mol. The minimum absolute atomic E-state index is 1.19. The zero-order valence-corrected chi connectivity index (χ0v) is 10.4. The van der Waals surface area contributed by atoms with Crippen molar-refractivity contribution in [3.8, 4) is 0 Å². The minimum atomic E-state index is 1.19. The maximum atomic E-state index is 4.27. The van der Waals surface area contributed by atoms with E-state index in [9.17, 15) is 0 Å². The first-order valence-electron chi connectivity index (χ1n) is 6.91. The summed E-state index contributed by atoms with van der Waals surface area (Å²) in [4.78, 5) is 0. The van der Waals surface area contributed by atoms with Crippen LogP contribution < -0.4 is 0 Å². The first-order chi connectivity index (χ1) is 7.86. The summed E-state index contributed by atoms with van der Waals surface area (Å²) < 4.78 is 0. The Morgan fingerprint density at radius 3 is 2.38 bits per heavy atom. The fraction of sp³-hybridized carbons (Fsp3) is 0.625. The van der Waals surface area contributed by atoms with Gasteiger partial charge in [0.25, 0.3) is 0 Å². The third-order valence-electron chi connectivity index (χ3n) is 3.88. The van der Waals surface area contributed by atoms with Gasteiger partial charge in [-0.15, -0.1) is 0 Å². The van der Waals surface area contributed by atoms with Gasteiger partial charge in [-0.3, -0.25) is 0 Å². The lowest BCUT2D eigenvalue weighted by Crippen LogP contribution is -1.97. The highest BCUT2D eigenvalue weighted by Gasteiger charge is 2.09. The Kier molecular flexibility index (Phi) is 4.44. The average molecular weight is 216 g/mol. The van der Waals surface area contributed by atoms with Gasteiger partial charge in [0.2, 0.25) is 0 Å². The fourth-order valence-corrected chi connectivity index (χ4v) is 2.76. The number of rotatable bonds is 4. The van der Waals surface area contributed by atoms with Crippen LogP contribution in [-0.2, 0) is 0 Å². The second kappa shape index (κ2) is 6.08. The third-order valence-corrected chi connectivity index (χ3v) is 3.88. The molecule has 0 heteroatoms. The van der Waals surface area contributed by atoms with E-state index in [2.05, 4.69) is 18.7 Å². The SMILES string of the molecule is C=C(CCC1=CCCCC1)C1=CCCCC1. The lowest BCUT2D eigenvalue weighted by molar-refractivity contribution is 0.666. The van der Waals surface area contributed by atoms with E-state index in [0.29, 0.717) is 0 Å². The molecule has 0 N–H and O–H groups in total. The molecule has 0 heterocycles. The topological polar surface area (TPSA) is 0 Å². The quantitative estimate of drug-likeness (QED) is 0.558. The van der Waals surface area contributed by atoms with Crippen LogP contribution in [0.4, 0.5) is 0 Å². The maximum Gasteiger partial charge on any atom is -0.0245 e. The second-order valence-corrected chi connectivity index (χ2v) is 5.19. The van der Waals surface area contributed by atoms with Crippen LogP contribution in [0.2, 0.25) is 0 Å². The summed E-state index contributed by atoms with van der Waals surface area (Å²) in [6.45, 7) is 4.27. The molecular formula is C16H24. The number of hydrogen-bond acceptors (Lipinski definition) is 0. The van der Waals surface area contributed by atoms with Crippen molar-refractivity contribution >= 4 is 0 Å². The van der Waals surface area contributed by atoms with Crippen LogP contribution in [0.15, 0.2) is 35.5 Å². The Labute approximate surface area is 100 Å². The molecule has 0 atom stereocenters. The molecule has 0 saturated carbocycles. The number of allylic oxidation sites excluding steroid dienone is 5. The molecule has 0 bridgehead atoms. The molecule has 0 saturated heterocycles. The summed E-state index contributed by atoms with van der Waals surface area (Å²) >= 11 is 0. The highest BCUT2D eigenvalue weighted by molar-refractivity contribution is 5.30. The van der Waals surface area contributed by atoms with Crippen molar-refractivity contribution in [1.29, 1.82) is 0 Å². The zero-order chi connectivity index (χ0) is 11.2. The van der Waals surface area contributed by atoms with Crippen molar-refractivity contribution in [2.75, 3.05) is 0 Å². The monoisotopic (exact) mass is 216 g/mol. The van der Waals surface area contributed by atoms with E-state index in [-0.39, 0.29) is 0 Å². The Morgan fingerprint density at radius 1 is 1.00 bits per heavy atom. The minimum Gasteiger partial charge on any atom is -0.0956 e. The molecule has 0 unspecified atom stereocenters. The summed E-state index contributed by atoms with van der Waals surface area (Å²) in [6.07, 6.45) is 18.1. The molecule has 0 nitrogen and oxygen atoms in total. The molecule has 2 aliphatic carbocycles. The van der Waals surface area contributed by atoms with E-state index < -0.39 is 0 Å². The van der Waals surface area contributed by atoms with Crippen LogP contribution in [0, 0.1) is 0 Å². The first-order valence-corrected chi connectivity index (χ1v) is 6.91. The van der Waals surface area contributed by atoms with E-state index in [1.54, 1.807) is 11.1 Å². The molecule has 0 aromatic heterocycles. The van der Waals surface area contributed by atoms with Gasteiger partial charge in [0, 0.05) is 0 Å². The van der Waals surface area contributed by atoms with Crippen molar-refractivity contribution in [2.24, 2.45) is 0 Å². The van der Waals surface area contributed by atoms with Crippen LogP contribution >= 0.6 is 0 Å². The summed E-state index contributed by atoms with van der Waals surface area (Å²) in [5.41, 5.74) is 4.65. The summed E-state index contributed by atoms with van der Waals surface area (Å²) in [7, 11) is 0. The standard InChI is InChI=1S/C16H24/c1-14(16-10-6-3-7-11-16)12-13-15-8-4-2-5-9-15/h8,10H,1-7,9,11-13H2. The predicted octanol–water partition coefficient (Wildman–Crippen LogP) is 5.32. The van der Waals surface area contributed by atoms with Crippen molar-refractivity contribution in [2.45, 2.75) is 64.2 Å². The second-order valence-electron chi connectivity index (χ2n) is 5.19. The smallest absolute Gasteiger partial charge is 0.0245 e. The van der Waals surface area contributed by atoms with E-state index in [4.69, 9.17) is 0 Å². The molecule has 16 heavy (non-hydrogen) atoms. The normalized spacial score (nSPS) is 21.2. The van der Waals surface area contributed by atoms with Gasteiger partial charge >= 0.3 is 0 Å². The highest BCUT2D eigenvalue weighted by Crippen LogP contribution is 2.28. The average Bonchev–Trinajstić information content (AvgIpc) is 2.38. The van der Waals surface area contributed by atoms with E-state index in [1.165, 1.54) is 69.8 Å². The zero-order valence-electron chi connectivity index (χ0n) is 10.4. The van der Waals surface area contributed by atoms with Gasteiger partial charge in [0.15, 0.2) is 0 Å². The van der Waals surface area contributed by atoms with Crippen molar-refractivity contribution in [1.82, 2.24) is 0 Å². The Hall–Kier alpha value is -0.780. The number of hydrogen-bond donors (Lipinski definition) is 0. The van der Waals surface area contributed by atoms with Crippen molar-refractivity contribution < 1.29 is 0 Å². The summed E-state index contributed by atoms with van der Waals surface area (Å²) in [5, 5.41) is 0. The van der Waals surface area contributed by atoms with E-state index in [0.717, 1.165) is 0 Å². The van der Waals surface area contributed by atoms with Crippen LogP contribution in [0.1, 0.15) is 64.2 Å². The van der Waals surface area contributed by atoms with Crippen molar-refractivity contribution in [3.05, 3.63) is 35.5 Å². The van der Waals surface area contributed by atoms with Crippen LogP contribution in [0.5, 0.6) is 0 Å². The summed E-state index contributed by atoms with van der Waals surface area (Å²) in [5.74, 6) is 0. The summed E-state index contributed by atoms with van der Waals surface area (Å²) in [6, 6.07) is 0. The van der Waals surface area contributed by atoms with E-state index >= 15 is 0 Å². The predicted molar refractivity (Wildman–Crippen MR) is 71.5 cm³/mol. The molecule has 0 radical (unpaired) electrons. The Balaban J connectivity index is 1.78. The van der Waals surface area contributed by atoms with Crippen LogP contribution in [-0.4, -0.2) is 0 Å². The Morgan fingerprint density at radius 2 is 1.75 bits per heavy atom. The molecule has 0 aromatic rings. The lowest BCUT2D eigenvalue weighted by Gasteiger charge is -2.17. The molecule has 2 rings (SSSR count). The van der Waals surface area contributed by atoms with Gasteiger partial charge in [-0.25, -0.2) is 0 Å². The highest BCUT2D eigenvalue weighted by atomic mass is 14.1. The lowest BCUT2D eigenvalue weighted by atomic mass is 9.89. The van der Waals surface area contributed by atoms with Gasteiger partial charge in [0.05, 0.1) is 0 Å². The molecule has 88 valence electrons. The molecule has 0 amide bonds. The molecule has 0 fully saturated rings. The first kappa shape index (κ1) is 11.7. The van der Waals surface area contributed by atoms with Crippen molar-refractivity contribution in [3.63, 3.8) is 0 Å². The van der Waals surface area contributed by atoms with Gasteiger partial charge in [0.1, 0.15) is 0 Å². The molecule has 0 aliphatic heterocycles. The van der Waals surface area contributed by atoms with Crippen LogP contribution in [0.25, 0.3) is 0 Å². The van der Waals surface area contributed by atoms with Gasteiger partial charge in [-0.05, 0) is 69.8 Å². The molecule has 2 aliphatic rings. The fourth-order valence-electron chi connectivity index (χ4n) is 2.76. The largest absolute Gasteiger partial charge is 0.0956 e.